The van der Waals surface area contributed by atoms with E-state index in [4.69, 9.17) is 4.74 Å². The van der Waals surface area contributed by atoms with Gasteiger partial charge in [0.25, 0.3) is 6.43 Å². The molecule has 5 nitrogen and oxygen atoms in total. The molecule has 0 saturated carbocycles. The van der Waals surface area contributed by atoms with E-state index in [0.29, 0.717) is 12.1 Å². The molecule has 0 amide bonds. The van der Waals surface area contributed by atoms with Gasteiger partial charge in [-0.3, -0.25) is 10.1 Å². The van der Waals surface area contributed by atoms with Crippen LogP contribution in [0, 0.1) is 10.1 Å². The average molecular weight is 288 g/mol. The van der Waals surface area contributed by atoms with Crippen molar-refractivity contribution in [3.8, 4) is 5.75 Å². The Labute approximate surface area is 116 Å². The van der Waals surface area contributed by atoms with E-state index in [-0.39, 0.29) is 17.0 Å². The Hall–Kier alpha value is -1.76. The van der Waals surface area contributed by atoms with Gasteiger partial charge in [-0.25, -0.2) is 8.78 Å². The first-order valence-electron chi connectivity index (χ1n) is 6.12. The minimum Gasteiger partial charge on any atom is -0.481 e. The number of rotatable bonds is 6. The summed E-state index contributed by atoms with van der Waals surface area (Å²) in [6, 6.07) is 4.30. The van der Waals surface area contributed by atoms with Gasteiger partial charge in [-0.2, -0.15) is 0 Å². The lowest BCUT2D eigenvalue weighted by Crippen LogP contribution is -2.35. The first-order chi connectivity index (χ1) is 9.19. The highest BCUT2D eigenvalue weighted by molar-refractivity contribution is 5.48. The smallest absolute Gasteiger partial charge is 0.311 e. The average Bonchev–Trinajstić information content (AvgIpc) is 2.33. The Morgan fingerprint density at radius 3 is 2.55 bits per heavy atom. The van der Waals surface area contributed by atoms with Crippen molar-refractivity contribution >= 4 is 5.69 Å². The second kappa shape index (κ2) is 6.60. The summed E-state index contributed by atoms with van der Waals surface area (Å²) in [5, 5.41) is 14.1. The molecule has 1 rings (SSSR count). The van der Waals surface area contributed by atoms with E-state index in [9.17, 15) is 18.9 Å². The summed E-state index contributed by atoms with van der Waals surface area (Å²) in [7, 11) is 0. The maximum atomic E-state index is 12.1. The zero-order valence-electron chi connectivity index (χ0n) is 11.7. The van der Waals surface area contributed by atoms with Gasteiger partial charge in [0.2, 0.25) is 0 Å². The van der Waals surface area contributed by atoms with Crippen LogP contribution in [0.25, 0.3) is 0 Å². The minimum atomic E-state index is -2.67. The molecule has 0 unspecified atom stereocenters. The number of ether oxygens (including phenoxy) is 1. The summed E-state index contributed by atoms with van der Waals surface area (Å²) < 4.78 is 28.9. The second-order valence-electron chi connectivity index (χ2n) is 5.36. The van der Waals surface area contributed by atoms with Crippen molar-refractivity contribution in [2.75, 3.05) is 6.61 Å². The van der Waals surface area contributed by atoms with Crippen LogP contribution < -0.4 is 10.1 Å². The van der Waals surface area contributed by atoms with Crippen molar-refractivity contribution in [2.24, 2.45) is 0 Å². The Morgan fingerprint density at radius 2 is 2.05 bits per heavy atom. The highest BCUT2D eigenvalue weighted by atomic mass is 19.3. The van der Waals surface area contributed by atoms with E-state index in [1.807, 2.05) is 20.8 Å². The van der Waals surface area contributed by atoms with Gasteiger partial charge in [0.15, 0.2) is 5.75 Å². The van der Waals surface area contributed by atoms with E-state index in [0.717, 1.165) is 0 Å². The van der Waals surface area contributed by atoms with Gasteiger partial charge >= 0.3 is 5.69 Å². The first kappa shape index (κ1) is 16.3. The third-order valence-corrected chi connectivity index (χ3v) is 2.41. The number of halogens is 2. The zero-order valence-corrected chi connectivity index (χ0v) is 11.7. The fourth-order valence-corrected chi connectivity index (χ4v) is 1.46. The van der Waals surface area contributed by atoms with Crippen LogP contribution in [0.2, 0.25) is 0 Å². The van der Waals surface area contributed by atoms with Gasteiger partial charge in [0, 0.05) is 18.2 Å². The third-order valence-electron chi connectivity index (χ3n) is 2.41. The molecule has 1 aromatic rings. The summed E-state index contributed by atoms with van der Waals surface area (Å²) in [4.78, 5) is 10.3. The van der Waals surface area contributed by atoms with Crippen LogP contribution in [0.3, 0.4) is 0 Å². The minimum absolute atomic E-state index is 0.125. The van der Waals surface area contributed by atoms with Crippen molar-refractivity contribution in [3.05, 3.63) is 33.9 Å². The summed E-state index contributed by atoms with van der Waals surface area (Å²) >= 11 is 0. The van der Waals surface area contributed by atoms with E-state index in [1.54, 1.807) is 6.07 Å². The highest BCUT2D eigenvalue weighted by Crippen LogP contribution is 2.28. The van der Waals surface area contributed by atoms with Gasteiger partial charge < -0.3 is 10.1 Å². The standard InChI is InChI=1S/C13H18F2N2O3/c1-13(2,3)16-7-9-4-5-11(20-8-12(14)15)10(6-9)17(18)19/h4-6,12,16H,7-8H2,1-3H3. The fourth-order valence-electron chi connectivity index (χ4n) is 1.46. The van der Waals surface area contributed by atoms with Gasteiger partial charge in [-0.1, -0.05) is 6.07 Å². The molecule has 0 heterocycles. The molecule has 1 N–H and O–H groups in total. The van der Waals surface area contributed by atoms with Crippen LogP contribution in [0.4, 0.5) is 14.5 Å². The Kier molecular flexibility index (Phi) is 5.38. The van der Waals surface area contributed by atoms with Gasteiger partial charge in [-0.15, -0.1) is 0 Å². The van der Waals surface area contributed by atoms with Crippen molar-refractivity contribution in [3.63, 3.8) is 0 Å². The van der Waals surface area contributed by atoms with Crippen LogP contribution in [-0.2, 0) is 6.54 Å². The van der Waals surface area contributed by atoms with E-state index in [1.165, 1.54) is 12.1 Å². The molecular formula is C13H18F2N2O3. The van der Waals surface area contributed by atoms with Crippen molar-refractivity contribution in [1.82, 2.24) is 5.32 Å². The van der Waals surface area contributed by atoms with Crippen LogP contribution in [0.1, 0.15) is 26.3 Å². The molecule has 7 heteroatoms. The number of nitrogens with one attached hydrogen (secondary N) is 1. The summed E-state index contributed by atoms with van der Waals surface area (Å²) in [5.41, 5.74) is 0.259. The van der Waals surface area contributed by atoms with Crippen LogP contribution >= 0.6 is 0 Å². The van der Waals surface area contributed by atoms with E-state index < -0.39 is 18.0 Å². The Morgan fingerprint density at radius 1 is 1.40 bits per heavy atom. The van der Waals surface area contributed by atoms with Gasteiger partial charge in [0.05, 0.1) is 4.92 Å². The lowest BCUT2D eigenvalue weighted by Gasteiger charge is -2.20. The first-order valence-corrected chi connectivity index (χ1v) is 6.12. The lowest BCUT2D eigenvalue weighted by molar-refractivity contribution is -0.386. The second-order valence-corrected chi connectivity index (χ2v) is 5.36. The molecule has 0 aromatic heterocycles. The van der Waals surface area contributed by atoms with Gasteiger partial charge in [-0.05, 0) is 32.4 Å². The van der Waals surface area contributed by atoms with Crippen LogP contribution in [0.5, 0.6) is 5.75 Å². The lowest BCUT2D eigenvalue weighted by atomic mass is 10.1. The molecule has 1 aromatic carbocycles. The quantitative estimate of drug-likeness (QED) is 0.645. The zero-order chi connectivity index (χ0) is 15.3. The highest BCUT2D eigenvalue weighted by Gasteiger charge is 2.18. The molecule has 0 radical (unpaired) electrons. The molecule has 0 atom stereocenters. The molecule has 0 saturated heterocycles. The number of benzene rings is 1. The molecule has 20 heavy (non-hydrogen) atoms. The fraction of sp³-hybridized carbons (Fsp3) is 0.538. The third kappa shape index (κ3) is 5.48. The molecule has 0 bridgehead atoms. The maximum Gasteiger partial charge on any atom is 0.311 e. The molecule has 112 valence electrons. The number of hydrogen-bond acceptors (Lipinski definition) is 4. The predicted molar refractivity (Wildman–Crippen MR) is 71.2 cm³/mol. The number of nitrogens with zero attached hydrogens (tertiary/aromatic N) is 1. The SMILES string of the molecule is CC(C)(C)NCc1ccc(OCC(F)F)c([N+](=O)[O-])c1. The van der Waals surface area contributed by atoms with Crippen molar-refractivity contribution in [1.29, 1.82) is 0 Å². The number of hydrogen-bond donors (Lipinski definition) is 1. The molecular weight excluding hydrogens is 270 g/mol. The largest absolute Gasteiger partial charge is 0.481 e. The van der Waals surface area contributed by atoms with Crippen LogP contribution in [-0.4, -0.2) is 23.5 Å². The monoisotopic (exact) mass is 288 g/mol. The molecule has 0 aliphatic carbocycles. The van der Waals surface area contributed by atoms with Crippen molar-refractivity contribution in [2.45, 2.75) is 39.3 Å². The van der Waals surface area contributed by atoms with Crippen molar-refractivity contribution < 1.29 is 18.4 Å². The van der Waals surface area contributed by atoms with E-state index in [2.05, 4.69) is 5.32 Å². The molecule has 0 aliphatic heterocycles. The molecule has 0 fully saturated rings. The number of alkyl halides is 2. The Bertz CT molecular complexity index is 473. The molecule has 0 spiro atoms. The number of nitro benzene ring substituents is 1. The maximum absolute atomic E-state index is 12.1. The summed E-state index contributed by atoms with van der Waals surface area (Å²) in [6.07, 6.45) is -2.67. The molecule has 0 aliphatic rings. The summed E-state index contributed by atoms with van der Waals surface area (Å²) in [5.74, 6) is -0.144. The number of nitro groups is 1. The predicted octanol–water partition coefficient (Wildman–Crippen LogP) is 3.13. The topological polar surface area (TPSA) is 64.4 Å². The Balaban J connectivity index is 2.86. The van der Waals surface area contributed by atoms with E-state index >= 15 is 0 Å². The normalized spacial score (nSPS) is 11.7. The van der Waals surface area contributed by atoms with Crippen LogP contribution in [0.15, 0.2) is 18.2 Å². The van der Waals surface area contributed by atoms with Gasteiger partial charge in [0.1, 0.15) is 6.61 Å². The summed E-state index contributed by atoms with van der Waals surface area (Å²) in [6.45, 7) is 5.50.